The topological polar surface area (TPSA) is 87.7 Å². The first-order valence-corrected chi connectivity index (χ1v) is 6.22. The summed E-state index contributed by atoms with van der Waals surface area (Å²) in [7, 11) is 0. The smallest absolute Gasteiger partial charge is 0.315 e. The number of hydrogen-bond acceptors (Lipinski definition) is 3. The van der Waals surface area contributed by atoms with Gasteiger partial charge in [0.05, 0.1) is 18.6 Å². The van der Waals surface area contributed by atoms with E-state index < -0.39 is 11.5 Å². The normalized spacial score (nSPS) is 21.4. The fourth-order valence-corrected chi connectivity index (χ4v) is 2.06. The number of aliphatic carboxylic acids is 1. The van der Waals surface area contributed by atoms with Crippen LogP contribution in [0, 0.1) is 0 Å². The molecule has 0 spiro atoms. The highest BCUT2D eigenvalue weighted by molar-refractivity contribution is 5.76. The molecule has 0 aromatic rings. The lowest BCUT2D eigenvalue weighted by Crippen LogP contribution is -2.53. The monoisotopic (exact) mass is 258 g/mol. The quantitative estimate of drug-likeness (QED) is 0.689. The Morgan fingerprint density at radius 2 is 2.17 bits per heavy atom. The van der Waals surface area contributed by atoms with Gasteiger partial charge < -0.3 is 20.5 Å². The molecule has 0 aliphatic carbocycles. The average Bonchev–Trinajstić information content (AvgIpc) is 2.65. The van der Waals surface area contributed by atoms with Crippen molar-refractivity contribution in [3.63, 3.8) is 0 Å². The van der Waals surface area contributed by atoms with Crippen molar-refractivity contribution >= 4 is 12.0 Å². The summed E-state index contributed by atoms with van der Waals surface area (Å²) in [5.41, 5.74) is -0.772. The van der Waals surface area contributed by atoms with Crippen LogP contribution in [-0.2, 0) is 9.53 Å². The zero-order valence-corrected chi connectivity index (χ0v) is 11.2. The van der Waals surface area contributed by atoms with Crippen molar-refractivity contribution < 1.29 is 19.4 Å². The van der Waals surface area contributed by atoms with Gasteiger partial charge in [0, 0.05) is 12.1 Å². The van der Waals surface area contributed by atoms with E-state index in [1.54, 1.807) is 13.8 Å². The Morgan fingerprint density at radius 1 is 1.50 bits per heavy atom. The summed E-state index contributed by atoms with van der Waals surface area (Å²) in [6, 6.07) is -0.433. The molecule has 6 heteroatoms. The number of urea groups is 1. The predicted octanol–water partition coefficient (Wildman–Crippen LogP) is 1.11. The molecule has 1 aliphatic heterocycles. The van der Waals surface area contributed by atoms with Crippen LogP contribution in [0.2, 0.25) is 0 Å². The van der Waals surface area contributed by atoms with Crippen LogP contribution < -0.4 is 10.6 Å². The summed E-state index contributed by atoms with van der Waals surface area (Å²) in [6.45, 7) is 5.98. The summed E-state index contributed by atoms with van der Waals surface area (Å²) in [6.07, 6.45) is 1.90. The summed E-state index contributed by atoms with van der Waals surface area (Å²) < 4.78 is 5.47. The highest BCUT2D eigenvalue weighted by Gasteiger charge is 2.27. The summed E-state index contributed by atoms with van der Waals surface area (Å²) in [5, 5.41) is 14.2. The number of carbonyl (C=O) groups is 2. The van der Waals surface area contributed by atoms with Gasteiger partial charge in [0.2, 0.25) is 0 Å². The maximum absolute atomic E-state index is 11.7. The molecular formula is C12H22N2O4. The minimum Gasteiger partial charge on any atom is -0.481 e. The first-order valence-electron chi connectivity index (χ1n) is 6.22. The Kier molecular flexibility index (Phi) is 4.95. The number of carbonyl (C=O) groups excluding carboxylic acids is 1. The lowest BCUT2D eigenvalue weighted by atomic mass is 10.0. The number of rotatable bonds is 5. The van der Waals surface area contributed by atoms with Crippen molar-refractivity contribution in [2.24, 2.45) is 0 Å². The molecule has 2 unspecified atom stereocenters. The largest absolute Gasteiger partial charge is 0.481 e. The molecule has 1 saturated heterocycles. The molecule has 1 aliphatic rings. The zero-order chi connectivity index (χ0) is 13.8. The van der Waals surface area contributed by atoms with Crippen LogP contribution in [0.3, 0.4) is 0 Å². The van der Waals surface area contributed by atoms with Gasteiger partial charge in [-0.3, -0.25) is 4.79 Å². The Morgan fingerprint density at radius 3 is 2.67 bits per heavy atom. The molecule has 3 N–H and O–H groups in total. The maximum atomic E-state index is 11.7. The molecule has 2 amide bonds. The zero-order valence-electron chi connectivity index (χ0n) is 11.2. The van der Waals surface area contributed by atoms with Crippen molar-refractivity contribution in [3.8, 4) is 0 Å². The van der Waals surface area contributed by atoms with E-state index in [1.807, 2.05) is 6.92 Å². The van der Waals surface area contributed by atoms with E-state index >= 15 is 0 Å². The molecule has 2 atom stereocenters. The molecular weight excluding hydrogens is 236 g/mol. The molecule has 6 nitrogen and oxygen atoms in total. The van der Waals surface area contributed by atoms with Crippen LogP contribution in [0.5, 0.6) is 0 Å². The Balaban J connectivity index is 2.38. The van der Waals surface area contributed by atoms with Crippen molar-refractivity contribution in [1.82, 2.24) is 10.6 Å². The van der Waals surface area contributed by atoms with Crippen molar-refractivity contribution in [2.45, 2.75) is 57.7 Å². The molecule has 1 rings (SSSR count). The van der Waals surface area contributed by atoms with Gasteiger partial charge in [-0.05, 0) is 33.6 Å². The van der Waals surface area contributed by atoms with Gasteiger partial charge in [0.1, 0.15) is 0 Å². The van der Waals surface area contributed by atoms with Crippen molar-refractivity contribution in [2.75, 3.05) is 6.61 Å². The number of hydrogen-bond donors (Lipinski definition) is 3. The van der Waals surface area contributed by atoms with E-state index in [0.29, 0.717) is 0 Å². The van der Waals surface area contributed by atoms with Gasteiger partial charge in [-0.2, -0.15) is 0 Å². The lowest BCUT2D eigenvalue weighted by molar-refractivity contribution is -0.138. The third kappa shape index (κ3) is 4.91. The van der Waals surface area contributed by atoms with Crippen LogP contribution in [0.4, 0.5) is 4.79 Å². The Hall–Kier alpha value is -1.30. The van der Waals surface area contributed by atoms with Crippen molar-refractivity contribution in [3.05, 3.63) is 0 Å². The molecule has 0 aromatic carbocycles. The van der Waals surface area contributed by atoms with E-state index in [4.69, 9.17) is 9.84 Å². The summed E-state index contributed by atoms with van der Waals surface area (Å²) in [4.78, 5) is 22.4. The number of carboxylic acid groups (broad SMARTS) is 1. The van der Waals surface area contributed by atoms with Gasteiger partial charge in [0.15, 0.2) is 0 Å². The molecule has 1 fully saturated rings. The van der Waals surface area contributed by atoms with E-state index in [0.717, 1.165) is 19.4 Å². The first kappa shape index (κ1) is 14.8. The second-order valence-corrected chi connectivity index (χ2v) is 5.39. The predicted molar refractivity (Wildman–Crippen MR) is 66.4 cm³/mol. The molecule has 0 saturated carbocycles. The first-order chi connectivity index (χ1) is 8.30. The summed E-state index contributed by atoms with van der Waals surface area (Å²) >= 11 is 0. The average molecular weight is 258 g/mol. The van der Waals surface area contributed by atoms with Crippen LogP contribution in [0.15, 0.2) is 0 Å². The van der Waals surface area contributed by atoms with Crippen molar-refractivity contribution in [1.29, 1.82) is 0 Å². The Labute approximate surface area is 107 Å². The standard InChI is InChI=1S/C12H22N2O4/c1-8(9-5-4-6-18-9)13-11(17)14-12(2,3)7-10(15)16/h8-9H,4-7H2,1-3H3,(H,15,16)(H2,13,14,17). The molecule has 18 heavy (non-hydrogen) atoms. The second-order valence-electron chi connectivity index (χ2n) is 5.39. The van der Waals surface area contributed by atoms with E-state index in [1.165, 1.54) is 0 Å². The fraction of sp³-hybridized carbons (Fsp3) is 0.833. The van der Waals surface area contributed by atoms with E-state index in [-0.39, 0.29) is 24.6 Å². The van der Waals surface area contributed by atoms with E-state index in [9.17, 15) is 9.59 Å². The number of amides is 2. The van der Waals surface area contributed by atoms with Crippen LogP contribution in [0.25, 0.3) is 0 Å². The van der Waals surface area contributed by atoms with Gasteiger partial charge in [0.25, 0.3) is 0 Å². The third-order valence-corrected chi connectivity index (χ3v) is 2.93. The second kappa shape index (κ2) is 6.04. The minimum absolute atomic E-state index is 0.0540. The summed E-state index contributed by atoms with van der Waals surface area (Å²) in [5.74, 6) is -0.938. The Bertz CT molecular complexity index is 311. The maximum Gasteiger partial charge on any atom is 0.315 e. The fourth-order valence-electron chi connectivity index (χ4n) is 2.06. The lowest BCUT2D eigenvalue weighted by Gasteiger charge is -2.27. The molecule has 0 bridgehead atoms. The highest BCUT2D eigenvalue weighted by atomic mass is 16.5. The molecule has 1 heterocycles. The minimum atomic E-state index is -0.938. The SMILES string of the molecule is CC(NC(=O)NC(C)(C)CC(=O)O)C1CCCO1. The van der Waals surface area contributed by atoms with Crippen LogP contribution in [-0.4, -0.2) is 41.4 Å². The van der Waals surface area contributed by atoms with Crippen LogP contribution >= 0.6 is 0 Å². The number of carboxylic acids is 1. The molecule has 0 aromatic heterocycles. The number of nitrogens with one attached hydrogen (secondary N) is 2. The van der Waals surface area contributed by atoms with E-state index in [2.05, 4.69) is 10.6 Å². The third-order valence-electron chi connectivity index (χ3n) is 2.93. The van der Waals surface area contributed by atoms with Gasteiger partial charge in [-0.1, -0.05) is 0 Å². The van der Waals surface area contributed by atoms with Gasteiger partial charge in [-0.25, -0.2) is 4.79 Å². The van der Waals surface area contributed by atoms with Gasteiger partial charge in [-0.15, -0.1) is 0 Å². The number of ether oxygens (including phenoxy) is 1. The molecule has 104 valence electrons. The highest BCUT2D eigenvalue weighted by Crippen LogP contribution is 2.15. The molecule has 0 radical (unpaired) electrons. The van der Waals surface area contributed by atoms with Crippen LogP contribution in [0.1, 0.15) is 40.0 Å². The van der Waals surface area contributed by atoms with Gasteiger partial charge >= 0.3 is 12.0 Å².